The van der Waals surface area contributed by atoms with Gasteiger partial charge in [0.1, 0.15) is 0 Å². The number of thioether (sulfide) groups is 1. The van der Waals surface area contributed by atoms with E-state index in [1.807, 2.05) is 28.8 Å². The predicted molar refractivity (Wildman–Crippen MR) is 95.1 cm³/mol. The number of rotatable bonds is 5. The normalized spacial score (nSPS) is 21.8. The van der Waals surface area contributed by atoms with E-state index in [9.17, 15) is 4.79 Å². The van der Waals surface area contributed by atoms with Gasteiger partial charge in [-0.05, 0) is 43.5 Å². The fraction of sp³-hybridized carbons (Fsp3) is 0.611. The number of hydrogen-bond acceptors (Lipinski definition) is 3. The minimum absolute atomic E-state index is 0.000186. The van der Waals surface area contributed by atoms with Gasteiger partial charge in [-0.2, -0.15) is 0 Å². The number of hydrogen-bond donors (Lipinski definition) is 1. The molecule has 0 aromatic heterocycles. The fourth-order valence-electron chi connectivity index (χ4n) is 3.41. The van der Waals surface area contributed by atoms with Crippen LogP contribution in [0.15, 0.2) is 29.2 Å². The molecule has 1 atom stereocenters. The molecule has 1 aliphatic carbocycles. The van der Waals surface area contributed by atoms with Crippen LogP contribution in [0.5, 0.6) is 0 Å². The van der Waals surface area contributed by atoms with Crippen molar-refractivity contribution < 1.29 is 9.53 Å². The third-order valence-electron chi connectivity index (χ3n) is 4.69. The van der Waals surface area contributed by atoms with Gasteiger partial charge in [0.05, 0.1) is 6.61 Å². The van der Waals surface area contributed by atoms with Gasteiger partial charge in [-0.1, -0.05) is 12.8 Å². The molecule has 1 saturated heterocycles. The molecule has 126 valence electrons. The summed E-state index contributed by atoms with van der Waals surface area (Å²) in [6.45, 7) is 2.33. The van der Waals surface area contributed by atoms with Gasteiger partial charge in [-0.15, -0.1) is 11.8 Å². The first kappa shape index (κ1) is 16.7. The lowest BCUT2D eigenvalue weighted by Crippen LogP contribution is -2.33. The summed E-state index contributed by atoms with van der Waals surface area (Å²) >= 11 is 1.97. The molecule has 0 radical (unpaired) electrons. The van der Waals surface area contributed by atoms with E-state index in [0.29, 0.717) is 5.92 Å². The molecule has 1 N–H and O–H groups in total. The Morgan fingerprint density at radius 1 is 1.26 bits per heavy atom. The first-order valence-electron chi connectivity index (χ1n) is 8.56. The Balaban J connectivity index is 1.48. The van der Waals surface area contributed by atoms with E-state index in [1.165, 1.54) is 30.6 Å². The van der Waals surface area contributed by atoms with E-state index in [2.05, 4.69) is 17.4 Å². The van der Waals surface area contributed by atoms with Crippen molar-refractivity contribution in [2.75, 3.05) is 32.1 Å². The second-order valence-corrected chi connectivity index (χ2v) is 7.91. The quantitative estimate of drug-likeness (QED) is 0.876. The molecular formula is C18H26N2O2S. The predicted octanol–water partition coefficient (Wildman–Crippen LogP) is 4.22. The van der Waals surface area contributed by atoms with Crippen molar-refractivity contribution in [1.29, 1.82) is 0 Å². The molecule has 1 heterocycles. The van der Waals surface area contributed by atoms with Crippen molar-refractivity contribution in [1.82, 2.24) is 4.90 Å². The molecule has 1 saturated carbocycles. The van der Waals surface area contributed by atoms with Gasteiger partial charge in [0.25, 0.3) is 0 Å². The summed E-state index contributed by atoms with van der Waals surface area (Å²) in [5.74, 6) is 0.468. The summed E-state index contributed by atoms with van der Waals surface area (Å²) in [5, 5.41) is 3.78. The number of ether oxygens (including phenoxy) is 1. The van der Waals surface area contributed by atoms with E-state index in [-0.39, 0.29) is 6.03 Å². The average Bonchev–Trinajstić information content (AvgIpc) is 3.21. The van der Waals surface area contributed by atoms with Crippen molar-refractivity contribution in [3.05, 3.63) is 24.3 Å². The number of nitrogens with zero attached hydrogens (tertiary/aromatic N) is 1. The van der Waals surface area contributed by atoms with Gasteiger partial charge in [-0.25, -0.2) is 4.79 Å². The highest BCUT2D eigenvalue weighted by molar-refractivity contribution is 8.00. The van der Waals surface area contributed by atoms with E-state index < -0.39 is 0 Å². The van der Waals surface area contributed by atoms with E-state index in [4.69, 9.17) is 4.74 Å². The molecular weight excluding hydrogens is 308 g/mol. The number of carbonyl (C=O) groups excluding carboxylic acids is 1. The first-order valence-corrected chi connectivity index (χ1v) is 9.44. The summed E-state index contributed by atoms with van der Waals surface area (Å²) in [7, 11) is 1.72. The topological polar surface area (TPSA) is 41.6 Å². The molecule has 1 aliphatic heterocycles. The van der Waals surface area contributed by atoms with Crippen LogP contribution in [0.2, 0.25) is 0 Å². The first-order chi connectivity index (χ1) is 11.2. The molecule has 4 nitrogen and oxygen atoms in total. The van der Waals surface area contributed by atoms with Crippen molar-refractivity contribution in [2.24, 2.45) is 5.92 Å². The highest BCUT2D eigenvalue weighted by atomic mass is 32.2. The number of carbonyl (C=O) groups is 1. The molecule has 23 heavy (non-hydrogen) atoms. The van der Waals surface area contributed by atoms with Gasteiger partial charge in [0.2, 0.25) is 0 Å². The molecule has 2 aliphatic rings. The number of amides is 2. The van der Waals surface area contributed by atoms with Crippen molar-refractivity contribution >= 4 is 23.5 Å². The lowest BCUT2D eigenvalue weighted by Gasteiger charge is -2.17. The SMILES string of the molecule is COC[C@@H]1CCN(C(=O)Nc2ccc(SC3CCCC3)cc2)C1. The molecule has 1 aromatic rings. The highest BCUT2D eigenvalue weighted by Crippen LogP contribution is 2.35. The Hall–Kier alpha value is -1.20. The van der Waals surface area contributed by atoms with Gasteiger partial charge in [-0.3, -0.25) is 0 Å². The van der Waals surface area contributed by atoms with Crippen LogP contribution in [0.3, 0.4) is 0 Å². The summed E-state index contributed by atoms with van der Waals surface area (Å²) in [5.41, 5.74) is 0.876. The third-order valence-corrected chi connectivity index (χ3v) is 6.04. The standard InChI is InChI=1S/C18H26N2O2S/c1-22-13-14-10-11-20(12-14)18(21)19-15-6-8-17(9-7-15)23-16-4-2-3-5-16/h6-9,14,16H,2-5,10-13H2,1H3,(H,19,21)/t14-/m1/s1. The maximum absolute atomic E-state index is 12.3. The number of urea groups is 1. The van der Waals surface area contributed by atoms with E-state index in [0.717, 1.165) is 37.1 Å². The zero-order valence-corrected chi connectivity index (χ0v) is 14.6. The minimum Gasteiger partial charge on any atom is -0.384 e. The van der Waals surface area contributed by atoms with Crippen LogP contribution < -0.4 is 5.32 Å². The van der Waals surface area contributed by atoms with Gasteiger partial charge >= 0.3 is 6.03 Å². The number of benzene rings is 1. The molecule has 0 bridgehead atoms. The minimum atomic E-state index is -0.000186. The number of likely N-dealkylation sites (tertiary alicyclic amines) is 1. The summed E-state index contributed by atoms with van der Waals surface area (Å²) in [6.07, 6.45) is 6.43. The second kappa shape index (κ2) is 8.06. The van der Waals surface area contributed by atoms with E-state index in [1.54, 1.807) is 7.11 Å². The molecule has 0 spiro atoms. The second-order valence-electron chi connectivity index (χ2n) is 6.53. The van der Waals surface area contributed by atoms with Crippen LogP contribution in [-0.2, 0) is 4.74 Å². The van der Waals surface area contributed by atoms with Gasteiger partial charge < -0.3 is 15.0 Å². The number of nitrogens with one attached hydrogen (secondary N) is 1. The Morgan fingerprint density at radius 3 is 2.70 bits per heavy atom. The average molecular weight is 334 g/mol. The van der Waals surface area contributed by atoms with Gasteiger partial charge in [0.15, 0.2) is 0 Å². The van der Waals surface area contributed by atoms with Crippen molar-refractivity contribution in [3.63, 3.8) is 0 Å². The van der Waals surface area contributed by atoms with Crippen LogP contribution >= 0.6 is 11.8 Å². The Labute approximate surface area is 143 Å². The molecule has 5 heteroatoms. The molecule has 0 unspecified atom stereocenters. The lowest BCUT2D eigenvalue weighted by atomic mass is 10.1. The van der Waals surface area contributed by atoms with Crippen LogP contribution in [-0.4, -0.2) is 43.0 Å². The molecule has 3 rings (SSSR count). The summed E-state index contributed by atoms with van der Waals surface area (Å²) < 4.78 is 5.18. The van der Waals surface area contributed by atoms with Crippen LogP contribution in [0, 0.1) is 5.92 Å². The Morgan fingerprint density at radius 2 is 2.00 bits per heavy atom. The largest absolute Gasteiger partial charge is 0.384 e. The summed E-state index contributed by atoms with van der Waals surface area (Å²) in [4.78, 5) is 15.5. The lowest BCUT2D eigenvalue weighted by molar-refractivity contribution is 0.154. The smallest absolute Gasteiger partial charge is 0.321 e. The molecule has 2 fully saturated rings. The van der Waals surface area contributed by atoms with Crippen LogP contribution in [0.25, 0.3) is 0 Å². The summed E-state index contributed by atoms with van der Waals surface area (Å²) in [6, 6.07) is 8.27. The number of anilines is 1. The van der Waals surface area contributed by atoms with Crippen molar-refractivity contribution in [3.8, 4) is 0 Å². The monoisotopic (exact) mass is 334 g/mol. The van der Waals surface area contributed by atoms with Gasteiger partial charge in [0, 0.05) is 42.0 Å². The number of methoxy groups -OCH3 is 1. The molecule has 2 amide bonds. The van der Waals surface area contributed by atoms with Crippen LogP contribution in [0.1, 0.15) is 32.1 Å². The Kier molecular flexibility index (Phi) is 5.84. The van der Waals surface area contributed by atoms with E-state index >= 15 is 0 Å². The fourth-order valence-corrected chi connectivity index (χ4v) is 4.65. The maximum atomic E-state index is 12.3. The maximum Gasteiger partial charge on any atom is 0.321 e. The third kappa shape index (κ3) is 4.64. The van der Waals surface area contributed by atoms with Crippen LogP contribution in [0.4, 0.5) is 10.5 Å². The van der Waals surface area contributed by atoms with Crippen molar-refractivity contribution in [2.45, 2.75) is 42.2 Å². The Bertz CT molecular complexity index is 514. The highest BCUT2D eigenvalue weighted by Gasteiger charge is 2.26. The zero-order chi connectivity index (χ0) is 16.1. The zero-order valence-electron chi connectivity index (χ0n) is 13.8. The molecule has 1 aromatic carbocycles.